The van der Waals surface area contributed by atoms with Gasteiger partial charge in [0, 0.05) is 55.1 Å². The van der Waals surface area contributed by atoms with Crippen LogP contribution in [0, 0.1) is 0 Å². The van der Waals surface area contributed by atoms with Gasteiger partial charge in [0.2, 0.25) is 0 Å². The van der Waals surface area contributed by atoms with Gasteiger partial charge in [-0.05, 0) is 70.4 Å². The van der Waals surface area contributed by atoms with Crippen LogP contribution in [0.3, 0.4) is 0 Å². The lowest BCUT2D eigenvalue weighted by Crippen LogP contribution is -2.59. The molecule has 198 valence electrons. The third-order valence-electron chi connectivity index (χ3n) is 7.61. The van der Waals surface area contributed by atoms with Crippen LogP contribution >= 0.6 is 0 Å². The van der Waals surface area contributed by atoms with E-state index in [1.807, 2.05) is 44.1 Å². The predicted octanol–water partition coefficient (Wildman–Crippen LogP) is 4.83. The number of amides is 2. The van der Waals surface area contributed by atoms with E-state index in [9.17, 15) is 18.0 Å². The van der Waals surface area contributed by atoms with Gasteiger partial charge in [-0.2, -0.15) is 13.2 Å². The molecular formula is C27H38F3N5O. The summed E-state index contributed by atoms with van der Waals surface area (Å²) in [6.45, 7) is 9.17. The summed E-state index contributed by atoms with van der Waals surface area (Å²) < 4.78 is 41.7. The Balaban J connectivity index is 1.69. The lowest BCUT2D eigenvalue weighted by atomic mass is 9.73. The van der Waals surface area contributed by atoms with Crippen molar-refractivity contribution in [1.29, 1.82) is 0 Å². The number of H-pyrrole nitrogens is 1. The van der Waals surface area contributed by atoms with Gasteiger partial charge < -0.3 is 20.1 Å². The summed E-state index contributed by atoms with van der Waals surface area (Å²) in [5, 5.41) is 3.68. The molecule has 2 aliphatic rings. The lowest BCUT2D eigenvalue weighted by Gasteiger charge is -2.49. The van der Waals surface area contributed by atoms with Gasteiger partial charge in [0.05, 0.1) is 0 Å². The van der Waals surface area contributed by atoms with Crippen LogP contribution in [0.25, 0.3) is 10.9 Å². The van der Waals surface area contributed by atoms with Crippen molar-refractivity contribution in [2.75, 3.05) is 46.8 Å². The average Bonchev–Trinajstić information content (AvgIpc) is 3.20. The molecule has 2 N–H and O–H groups in total. The van der Waals surface area contributed by atoms with E-state index in [2.05, 4.69) is 26.7 Å². The highest BCUT2D eigenvalue weighted by Gasteiger charge is 2.46. The fourth-order valence-corrected chi connectivity index (χ4v) is 6.12. The first kappa shape index (κ1) is 26.5. The lowest BCUT2D eigenvalue weighted by molar-refractivity contribution is -0.141. The summed E-state index contributed by atoms with van der Waals surface area (Å²) in [5.41, 5.74) is 1.22. The molecule has 2 aromatic rings. The smallest absolute Gasteiger partial charge is 0.351 e. The summed E-state index contributed by atoms with van der Waals surface area (Å²) in [7, 11) is 4.08. The highest BCUT2D eigenvalue weighted by molar-refractivity contribution is 5.90. The maximum atomic E-state index is 13.9. The minimum Gasteiger partial charge on any atom is -0.351 e. The normalized spacial score (nSPS) is 22.0. The van der Waals surface area contributed by atoms with Gasteiger partial charge in [0.15, 0.2) is 0 Å². The van der Waals surface area contributed by atoms with Gasteiger partial charge in [-0.15, -0.1) is 6.58 Å². The number of aromatic amines is 1. The molecule has 1 aliphatic carbocycles. The van der Waals surface area contributed by atoms with E-state index in [1.54, 1.807) is 6.07 Å². The van der Waals surface area contributed by atoms with E-state index >= 15 is 0 Å². The number of aromatic nitrogens is 1. The average molecular weight is 506 g/mol. The summed E-state index contributed by atoms with van der Waals surface area (Å²) >= 11 is 0. The zero-order valence-electron chi connectivity index (χ0n) is 21.5. The molecule has 1 fully saturated rings. The molecular weight excluding hydrogens is 467 g/mol. The third kappa shape index (κ3) is 5.27. The Labute approximate surface area is 211 Å². The second kappa shape index (κ2) is 10.8. The number of nitrogens with zero attached hydrogens (tertiary/aromatic N) is 3. The van der Waals surface area contributed by atoms with E-state index in [-0.39, 0.29) is 24.0 Å². The predicted molar refractivity (Wildman–Crippen MR) is 137 cm³/mol. The maximum Gasteiger partial charge on any atom is 0.431 e. The fourth-order valence-electron chi connectivity index (χ4n) is 6.12. The van der Waals surface area contributed by atoms with Gasteiger partial charge in [-0.3, -0.25) is 4.90 Å². The quantitative estimate of drug-likeness (QED) is 0.379. The molecule has 9 heteroatoms. The summed E-state index contributed by atoms with van der Waals surface area (Å²) in [6.07, 6.45) is 0.332. The van der Waals surface area contributed by atoms with Gasteiger partial charge in [-0.1, -0.05) is 18.2 Å². The molecule has 2 heterocycles. The maximum absolute atomic E-state index is 13.9. The van der Waals surface area contributed by atoms with Crippen molar-refractivity contribution in [3.05, 3.63) is 47.7 Å². The Morgan fingerprint density at radius 1 is 1.28 bits per heavy atom. The number of carbonyl (C=O) groups excluding carboxylic acids is 1. The van der Waals surface area contributed by atoms with Crippen molar-refractivity contribution >= 4 is 16.9 Å². The number of hydrogen-bond donors (Lipinski definition) is 2. The van der Waals surface area contributed by atoms with Crippen LogP contribution in [0.15, 0.2) is 30.9 Å². The van der Waals surface area contributed by atoms with Crippen molar-refractivity contribution in [2.45, 2.75) is 56.8 Å². The third-order valence-corrected chi connectivity index (χ3v) is 7.61. The SMILES string of the molecule is C=CCN1CC(N(CCCCN(C)C)C(=O)NCC)C[C@@H]2c3cccc4[nH]c(C(F)(F)F)c(c34)C[C@H]21. The summed E-state index contributed by atoms with van der Waals surface area (Å²) in [6, 6.07) is 5.36. The van der Waals surface area contributed by atoms with Crippen LogP contribution < -0.4 is 5.32 Å². The number of benzene rings is 1. The van der Waals surface area contributed by atoms with E-state index in [4.69, 9.17) is 0 Å². The van der Waals surface area contributed by atoms with Crippen LogP contribution in [0.4, 0.5) is 18.0 Å². The zero-order valence-corrected chi connectivity index (χ0v) is 21.5. The van der Waals surface area contributed by atoms with Crippen LogP contribution in [0.2, 0.25) is 0 Å². The Morgan fingerprint density at radius 2 is 2.03 bits per heavy atom. The topological polar surface area (TPSA) is 54.6 Å². The molecule has 0 radical (unpaired) electrons. The molecule has 1 aromatic heterocycles. The Kier molecular flexibility index (Phi) is 7.99. The number of urea groups is 1. The number of hydrogen-bond acceptors (Lipinski definition) is 3. The van der Waals surface area contributed by atoms with Crippen LogP contribution in [-0.2, 0) is 12.6 Å². The minimum atomic E-state index is -4.43. The molecule has 4 rings (SSSR count). The summed E-state index contributed by atoms with van der Waals surface area (Å²) in [5.74, 6) is 0.0375. The molecule has 1 saturated heterocycles. The van der Waals surface area contributed by atoms with Gasteiger partial charge in [0.25, 0.3) is 0 Å². The second-order valence-electron chi connectivity index (χ2n) is 10.3. The van der Waals surface area contributed by atoms with E-state index in [0.717, 1.165) is 31.4 Å². The molecule has 36 heavy (non-hydrogen) atoms. The van der Waals surface area contributed by atoms with Crippen molar-refractivity contribution in [3.63, 3.8) is 0 Å². The number of fused-ring (bicyclic) bond motifs is 2. The number of carbonyl (C=O) groups is 1. The van der Waals surface area contributed by atoms with E-state index < -0.39 is 11.9 Å². The standard InChI is InChI=1S/C27H38F3N5O/c1-5-12-34-17-18(35(26(36)31-6-2)14-8-7-13-33(3)4)15-20-19-10-9-11-22-24(19)21(16-23(20)34)25(32-22)27(28,29)30/h5,9-11,18,20,23,32H,1,6-8,12-17H2,2-4H3,(H,31,36)/t18?,20-,23-/m1/s1. The number of likely N-dealkylation sites (tertiary alicyclic amines) is 1. The zero-order chi connectivity index (χ0) is 26.0. The highest BCUT2D eigenvalue weighted by Crippen LogP contribution is 2.47. The number of unbranched alkanes of at least 4 members (excludes halogenated alkanes) is 1. The Bertz CT molecular complexity index is 1080. The Morgan fingerprint density at radius 3 is 2.69 bits per heavy atom. The monoisotopic (exact) mass is 505 g/mol. The van der Waals surface area contributed by atoms with Crippen LogP contribution in [0.1, 0.15) is 48.9 Å². The molecule has 2 amide bonds. The van der Waals surface area contributed by atoms with Crippen molar-refractivity contribution in [3.8, 4) is 0 Å². The first-order valence-corrected chi connectivity index (χ1v) is 12.9. The molecule has 1 aliphatic heterocycles. The van der Waals surface area contributed by atoms with Gasteiger partial charge in [-0.25, -0.2) is 4.79 Å². The molecule has 0 bridgehead atoms. The van der Waals surface area contributed by atoms with Crippen molar-refractivity contribution in [1.82, 2.24) is 25.0 Å². The molecule has 0 spiro atoms. The molecule has 0 saturated carbocycles. The minimum absolute atomic E-state index is 0.0325. The fraction of sp³-hybridized carbons (Fsp3) is 0.593. The largest absolute Gasteiger partial charge is 0.431 e. The molecule has 6 nitrogen and oxygen atoms in total. The number of alkyl halides is 3. The van der Waals surface area contributed by atoms with Crippen molar-refractivity contribution in [2.24, 2.45) is 0 Å². The van der Waals surface area contributed by atoms with Crippen molar-refractivity contribution < 1.29 is 18.0 Å². The van der Waals surface area contributed by atoms with Crippen LogP contribution in [-0.4, -0.2) is 84.6 Å². The highest BCUT2D eigenvalue weighted by atomic mass is 19.4. The number of nitrogens with one attached hydrogen (secondary N) is 2. The number of piperidine rings is 1. The van der Waals surface area contributed by atoms with E-state index in [1.165, 1.54) is 0 Å². The van der Waals surface area contributed by atoms with E-state index in [0.29, 0.717) is 49.1 Å². The molecule has 1 unspecified atom stereocenters. The first-order chi connectivity index (χ1) is 17.2. The van der Waals surface area contributed by atoms with Gasteiger partial charge in [0.1, 0.15) is 5.69 Å². The number of halogens is 3. The molecule has 1 aromatic carbocycles. The second-order valence-corrected chi connectivity index (χ2v) is 10.3. The number of rotatable bonds is 9. The molecule has 3 atom stereocenters. The van der Waals surface area contributed by atoms with Gasteiger partial charge >= 0.3 is 12.2 Å². The Hall–Kier alpha value is -2.52. The van der Waals surface area contributed by atoms with Crippen LogP contribution in [0.5, 0.6) is 0 Å². The first-order valence-electron chi connectivity index (χ1n) is 12.9. The summed E-state index contributed by atoms with van der Waals surface area (Å²) in [4.78, 5) is 22.1.